The molecule has 3 rings (SSSR count). The number of H-pyrrole nitrogens is 1. The molecule has 9 heteroatoms. The maximum atomic E-state index is 14.0. The van der Waals surface area contributed by atoms with E-state index in [1.807, 2.05) is 0 Å². The molecule has 1 saturated carbocycles. The minimum atomic E-state index is -0.965. The number of anilines is 1. The van der Waals surface area contributed by atoms with Gasteiger partial charge in [0, 0.05) is 11.8 Å². The normalized spacial score (nSPS) is 15.7. The number of hydrogen-bond donors (Lipinski definition) is 4. The van der Waals surface area contributed by atoms with Crippen LogP contribution in [0.4, 0.5) is 10.1 Å². The molecule has 1 aliphatic rings. The van der Waals surface area contributed by atoms with E-state index in [-0.39, 0.29) is 17.3 Å². The highest BCUT2D eigenvalue weighted by molar-refractivity contribution is 6.04. The first kappa shape index (κ1) is 18.3. The Kier molecular flexibility index (Phi) is 4.76. The van der Waals surface area contributed by atoms with Gasteiger partial charge in [0.25, 0.3) is 11.5 Å². The molecule has 1 amide bonds. The van der Waals surface area contributed by atoms with E-state index in [0.29, 0.717) is 18.4 Å². The largest absolute Gasteiger partial charge is 0.492 e. The van der Waals surface area contributed by atoms with Crippen LogP contribution in [-0.4, -0.2) is 26.8 Å². The zero-order valence-corrected chi connectivity index (χ0v) is 14.5. The quantitative estimate of drug-likeness (QED) is 0.464. The van der Waals surface area contributed by atoms with Gasteiger partial charge in [0.1, 0.15) is 17.5 Å². The number of aromatic hydroxyl groups is 1. The first-order chi connectivity index (χ1) is 12.8. The number of aliphatic imine (C=N–C) groups is 1. The first-order valence-electron chi connectivity index (χ1n) is 8.20. The summed E-state index contributed by atoms with van der Waals surface area (Å²) >= 11 is 0. The summed E-state index contributed by atoms with van der Waals surface area (Å²) in [6, 6.07) is 6.10. The zero-order valence-electron chi connectivity index (χ0n) is 14.5. The molecular weight excluding hydrogens is 353 g/mol. The molecule has 2 aromatic rings. The average molecular weight is 371 g/mol. The van der Waals surface area contributed by atoms with Crippen molar-refractivity contribution in [2.24, 2.45) is 10.7 Å². The van der Waals surface area contributed by atoms with E-state index in [1.54, 1.807) is 18.2 Å². The fourth-order valence-electron chi connectivity index (χ4n) is 2.75. The standard InChI is InChI=1S/C18H18FN5O3/c1-10-22-15(25)14(16(26)23-10)21-9-6-13(20)24-17(27)18(7-8-18)11-4-2-3-5-12(11)19/h2-6,9,21H,7-8H2,1H3,(H2,20,24,27)(H2,22,23,25,26)/b9-6-. The topological polar surface area (TPSA) is 133 Å². The van der Waals surface area contributed by atoms with E-state index in [1.165, 1.54) is 25.3 Å². The van der Waals surface area contributed by atoms with Gasteiger partial charge in [-0.1, -0.05) is 18.2 Å². The fraction of sp³-hybridized carbons (Fsp3) is 0.222. The molecule has 1 fully saturated rings. The molecule has 0 radical (unpaired) electrons. The molecule has 0 bridgehead atoms. The van der Waals surface area contributed by atoms with Crippen molar-refractivity contribution in [1.82, 2.24) is 9.97 Å². The van der Waals surface area contributed by atoms with Crippen molar-refractivity contribution in [2.45, 2.75) is 25.2 Å². The number of aryl methyl sites for hydroxylation is 1. The van der Waals surface area contributed by atoms with Gasteiger partial charge in [-0.15, -0.1) is 0 Å². The van der Waals surface area contributed by atoms with E-state index in [0.717, 1.165) is 0 Å². The van der Waals surface area contributed by atoms with Gasteiger partial charge in [-0.3, -0.25) is 9.59 Å². The van der Waals surface area contributed by atoms with Crippen LogP contribution in [0.2, 0.25) is 0 Å². The maximum absolute atomic E-state index is 14.0. The number of hydrogen-bond acceptors (Lipinski definition) is 5. The second-order valence-corrected chi connectivity index (χ2v) is 6.23. The highest BCUT2D eigenvalue weighted by Crippen LogP contribution is 2.50. The Morgan fingerprint density at radius 2 is 2.15 bits per heavy atom. The van der Waals surface area contributed by atoms with Gasteiger partial charge in [0.2, 0.25) is 5.88 Å². The third-order valence-electron chi connectivity index (χ3n) is 4.28. The van der Waals surface area contributed by atoms with Crippen LogP contribution in [0.15, 0.2) is 46.3 Å². The summed E-state index contributed by atoms with van der Waals surface area (Å²) in [5, 5.41) is 12.2. The van der Waals surface area contributed by atoms with Gasteiger partial charge in [0.15, 0.2) is 5.69 Å². The van der Waals surface area contributed by atoms with Crippen LogP contribution in [0.3, 0.4) is 0 Å². The van der Waals surface area contributed by atoms with Crippen molar-refractivity contribution in [3.05, 3.63) is 64.1 Å². The summed E-state index contributed by atoms with van der Waals surface area (Å²) in [5.41, 5.74) is 4.35. The van der Waals surface area contributed by atoms with Crippen molar-refractivity contribution in [1.29, 1.82) is 0 Å². The van der Waals surface area contributed by atoms with Crippen LogP contribution in [-0.2, 0) is 10.2 Å². The predicted molar refractivity (Wildman–Crippen MR) is 98.0 cm³/mol. The van der Waals surface area contributed by atoms with Crippen molar-refractivity contribution in [2.75, 3.05) is 5.32 Å². The number of aromatic nitrogens is 2. The molecule has 1 aromatic carbocycles. The maximum Gasteiger partial charge on any atom is 0.278 e. The molecule has 0 spiro atoms. The van der Waals surface area contributed by atoms with Gasteiger partial charge < -0.3 is 21.1 Å². The molecular formula is C18H18FN5O3. The number of nitrogens with two attached hydrogens (primary N) is 1. The van der Waals surface area contributed by atoms with Crippen LogP contribution in [0.5, 0.6) is 5.88 Å². The minimum absolute atomic E-state index is 0.119. The second-order valence-electron chi connectivity index (χ2n) is 6.23. The Morgan fingerprint density at radius 1 is 1.44 bits per heavy atom. The highest BCUT2D eigenvalue weighted by Gasteiger charge is 2.52. The number of aromatic amines is 1. The second kappa shape index (κ2) is 7.02. The minimum Gasteiger partial charge on any atom is -0.492 e. The lowest BCUT2D eigenvalue weighted by Crippen LogP contribution is -2.23. The van der Waals surface area contributed by atoms with Crippen molar-refractivity contribution in [3.8, 4) is 5.88 Å². The summed E-state index contributed by atoms with van der Waals surface area (Å²) in [5.74, 6) is -1.29. The molecule has 27 heavy (non-hydrogen) atoms. The molecule has 0 aliphatic heterocycles. The number of amides is 1. The molecule has 0 saturated heterocycles. The number of nitrogens with zero attached hydrogens (tertiary/aromatic N) is 2. The Hall–Kier alpha value is -3.49. The number of halogens is 1. The van der Waals surface area contributed by atoms with Crippen molar-refractivity contribution >= 4 is 17.4 Å². The fourth-order valence-corrected chi connectivity index (χ4v) is 2.75. The molecule has 1 aliphatic carbocycles. The summed E-state index contributed by atoms with van der Waals surface area (Å²) in [7, 11) is 0. The van der Waals surface area contributed by atoms with Gasteiger partial charge in [0.05, 0.1) is 5.41 Å². The SMILES string of the molecule is Cc1nc(O)c(N/C=C\C(N)=NC(=O)C2(c3ccccc3F)CC2)c(=O)[nH]1. The van der Waals surface area contributed by atoms with Crippen molar-refractivity contribution < 1.29 is 14.3 Å². The third kappa shape index (κ3) is 3.71. The molecule has 0 unspecified atom stereocenters. The lowest BCUT2D eigenvalue weighted by atomic mass is 9.94. The molecule has 5 N–H and O–H groups in total. The Labute approximate surface area is 153 Å². The van der Waals surface area contributed by atoms with Gasteiger partial charge in [-0.25, -0.2) is 4.39 Å². The summed E-state index contributed by atoms with van der Waals surface area (Å²) < 4.78 is 14.0. The first-order valence-corrected chi connectivity index (χ1v) is 8.20. The number of carbonyl (C=O) groups is 1. The van der Waals surface area contributed by atoms with Crippen molar-refractivity contribution in [3.63, 3.8) is 0 Å². The highest BCUT2D eigenvalue weighted by atomic mass is 19.1. The molecule has 1 aromatic heterocycles. The van der Waals surface area contributed by atoms with E-state index >= 15 is 0 Å². The summed E-state index contributed by atoms with van der Waals surface area (Å²) in [6.45, 7) is 1.53. The average Bonchev–Trinajstić information content (AvgIpc) is 3.39. The van der Waals surface area contributed by atoms with E-state index < -0.39 is 28.6 Å². The number of benzene rings is 1. The molecule has 8 nitrogen and oxygen atoms in total. The molecule has 1 heterocycles. The van der Waals surface area contributed by atoms with Crippen LogP contribution in [0.1, 0.15) is 24.2 Å². The smallest absolute Gasteiger partial charge is 0.278 e. The summed E-state index contributed by atoms with van der Waals surface area (Å²) in [4.78, 5) is 34.2. The molecule has 0 atom stereocenters. The summed E-state index contributed by atoms with van der Waals surface area (Å²) in [6.07, 6.45) is 3.51. The number of rotatable bonds is 5. The van der Waals surface area contributed by atoms with Gasteiger partial charge in [-0.05, 0) is 31.9 Å². The lowest BCUT2D eigenvalue weighted by Gasteiger charge is -2.12. The van der Waals surface area contributed by atoms with Gasteiger partial charge in [-0.2, -0.15) is 9.98 Å². The zero-order chi connectivity index (χ0) is 19.6. The van der Waals surface area contributed by atoms with Crippen LogP contribution >= 0.6 is 0 Å². The Morgan fingerprint density at radius 3 is 2.78 bits per heavy atom. The van der Waals surface area contributed by atoms with E-state index in [4.69, 9.17) is 5.73 Å². The lowest BCUT2D eigenvalue weighted by molar-refractivity contribution is -0.120. The van der Waals surface area contributed by atoms with Crippen LogP contribution < -0.4 is 16.6 Å². The van der Waals surface area contributed by atoms with Crippen LogP contribution in [0.25, 0.3) is 0 Å². The number of nitrogens with one attached hydrogen (secondary N) is 2. The monoisotopic (exact) mass is 371 g/mol. The predicted octanol–water partition coefficient (Wildman–Crippen LogP) is 1.46. The third-order valence-corrected chi connectivity index (χ3v) is 4.28. The number of carbonyl (C=O) groups excluding carboxylic acids is 1. The Bertz CT molecular complexity index is 1010. The van der Waals surface area contributed by atoms with Gasteiger partial charge >= 0.3 is 0 Å². The molecule has 140 valence electrons. The van der Waals surface area contributed by atoms with Crippen LogP contribution in [0, 0.1) is 12.7 Å². The van der Waals surface area contributed by atoms with E-state index in [9.17, 15) is 19.1 Å². The number of amidine groups is 1. The Balaban J connectivity index is 1.73. The van der Waals surface area contributed by atoms with E-state index in [2.05, 4.69) is 20.3 Å².